The minimum Gasteiger partial charge on any atom is -0.389 e. The zero-order chi connectivity index (χ0) is 13.8. The van der Waals surface area contributed by atoms with Crippen LogP contribution in [0.3, 0.4) is 0 Å². The van der Waals surface area contributed by atoms with Crippen LogP contribution < -0.4 is 10.6 Å². The highest BCUT2D eigenvalue weighted by molar-refractivity contribution is 5.81. The molecule has 1 atom stereocenters. The maximum atomic E-state index is 11.7. The second-order valence-corrected chi connectivity index (χ2v) is 6.17. The topological polar surface area (TPSA) is 61.4 Å². The first kappa shape index (κ1) is 15.4. The Labute approximate surface area is 111 Å². The van der Waals surface area contributed by atoms with E-state index in [1.165, 1.54) is 0 Å². The van der Waals surface area contributed by atoms with Crippen molar-refractivity contribution in [3.05, 3.63) is 0 Å². The van der Waals surface area contributed by atoms with E-state index in [1.54, 1.807) is 0 Å². The molecule has 0 spiro atoms. The standard InChI is InChI=1S/C14H28N2O2/c1-10(2)16-13(17)12(4)15-9-14(18)7-5-11(3)6-8-14/h10-12,15,18H,5-9H2,1-4H3,(H,16,17). The number of hydrogen-bond acceptors (Lipinski definition) is 3. The molecule has 1 aliphatic rings. The molecule has 18 heavy (non-hydrogen) atoms. The number of hydrogen-bond donors (Lipinski definition) is 3. The predicted molar refractivity (Wildman–Crippen MR) is 73.3 cm³/mol. The van der Waals surface area contributed by atoms with Crippen molar-refractivity contribution < 1.29 is 9.90 Å². The Kier molecular flexibility index (Phi) is 5.60. The van der Waals surface area contributed by atoms with Crippen molar-refractivity contribution in [2.75, 3.05) is 6.54 Å². The van der Waals surface area contributed by atoms with Crippen molar-refractivity contribution in [3.8, 4) is 0 Å². The number of amides is 1. The van der Waals surface area contributed by atoms with E-state index < -0.39 is 5.60 Å². The Bertz CT molecular complexity index is 271. The number of carbonyl (C=O) groups is 1. The van der Waals surface area contributed by atoms with Crippen molar-refractivity contribution >= 4 is 5.91 Å². The van der Waals surface area contributed by atoms with E-state index in [2.05, 4.69) is 17.6 Å². The van der Waals surface area contributed by atoms with Gasteiger partial charge >= 0.3 is 0 Å². The normalized spacial score (nSPS) is 30.2. The summed E-state index contributed by atoms with van der Waals surface area (Å²) in [7, 11) is 0. The lowest BCUT2D eigenvalue weighted by atomic mass is 9.79. The van der Waals surface area contributed by atoms with E-state index in [4.69, 9.17) is 0 Å². The molecule has 0 radical (unpaired) electrons. The molecule has 1 amide bonds. The first-order valence-corrected chi connectivity index (χ1v) is 7.08. The van der Waals surface area contributed by atoms with Crippen LogP contribution >= 0.6 is 0 Å². The highest BCUT2D eigenvalue weighted by atomic mass is 16.3. The van der Waals surface area contributed by atoms with Gasteiger partial charge in [-0.15, -0.1) is 0 Å². The van der Waals surface area contributed by atoms with E-state index in [1.807, 2.05) is 20.8 Å². The lowest BCUT2D eigenvalue weighted by molar-refractivity contribution is -0.123. The molecule has 0 heterocycles. The Balaban J connectivity index is 2.33. The summed E-state index contributed by atoms with van der Waals surface area (Å²) in [4.78, 5) is 11.7. The molecule has 1 unspecified atom stereocenters. The van der Waals surface area contributed by atoms with Crippen molar-refractivity contribution in [2.24, 2.45) is 5.92 Å². The van der Waals surface area contributed by atoms with Gasteiger partial charge in [-0.05, 0) is 52.4 Å². The van der Waals surface area contributed by atoms with Crippen LogP contribution in [0.1, 0.15) is 53.4 Å². The van der Waals surface area contributed by atoms with E-state index in [0.717, 1.165) is 25.7 Å². The van der Waals surface area contributed by atoms with E-state index in [0.29, 0.717) is 12.5 Å². The number of nitrogens with one attached hydrogen (secondary N) is 2. The van der Waals surface area contributed by atoms with Crippen LogP contribution in [0.25, 0.3) is 0 Å². The van der Waals surface area contributed by atoms with Gasteiger partial charge in [-0.3, -0.25) is 4.79 Å². The summed E-state index contributed by atoms with van der Waals surface area (Å²) in [6.45, 7) is 8.46. The zero-order valence-electron chi connectivity index (χ0n) is 12.1. The average molecular weight is 256 g/mol. The van der Waals surface area contributed by atoms with Gasteiger partial charge in [0.25, 0.3) is 0 Å². The third-order valence-electron chi connectivity index (χ3n) is 3.77. The van der Waals surface area contributed by atoms with Gasteiger partial charge < -0.3 is 15.7 Å². The highest BCUT2D eigenvalue weighted by Gasteiger charge is 2.32. The van der Waals surface area contributed by atoms with Crippen LogP contribution in [0.15, 0.2) is 0 Å². The Morgan fingerprint density at radius 2 is 1.89 bits per heavy atom. The summed E-state index contributed by atoms with van der Waals surface area (Å²) < 4.78 is 0. The molecule has 1 aliphatic carbocycles. The molecular formula is C14H28N2O2. The molecule has 1 rings (SSSR count). The van der Waals surface area contributed by atoms with Gasteiger partial charge in [-0.25, -0.2) is 0 Å². The van der Waals surface area contributed by atoms with Crippen molar-refractivity contribution in [1.82, 2.24) is 10.6 Å². The fourth-order valence-electron chi connectivity index (χ4n) is 2.32. The first-order valence-electron chi connectivity index (χ1n) is 7.08. The van der Waals surface area contributed by atoms with Crippen molar-refractivity contribution in [2.45, 2.75) is 71.1 Å². The largest absolute Gasteiger partial charge is 0.389 e. The van der Waals surface area contributed by atoms with Gasteiger partial charge in [0.2, 0.25) is 5.91 Å². The maximum absolute atomic E-state index is 11.7. The lowest BCUT2D eigenvalue weighted by Gasteiger charge is -2.35. The molecular weight excluding hydrogens is 228 g/mol. The monoisotopic (exact) mass is 256 g/mol. The maximum Gasteiger partial charge on any atom is 0.237 e. The van der Waals surface area contributed by atoms with Crippen LogP contribution in [-0.2, 0) is 4.79 Å². The molecule has 3 N–H and O–H groups in total. The second kappa shape index (κ2) is 6.53. The third kappa shape index (κ3) is 4.94. The van der Waals surface area contributed by atoms with Crippen LogP contribution in [-0.4, -0.2) is 35.2 Å². The van der Waals surface area contributed by atoms with Gasteiger partial charge in [0.15, 0.2) is 0 Å². The minimum atomic E-state index is -0.626. The summed E-state index contributed by atoms with van der Waals surface area (Å²) in [6, 6.07) is -0.101. The van der Waals surface area contributed by atoms with Gasteiger partial charge in [-0.1, -0.05) is 6.92 Å². The van der Waals surface area contributed by atoms with E-state index >= 15 is 0 Å². The smallest absolute Gasteiger partial charge is 0.237 e. The van der Waals surface area contributed by atoms with Crippen LogP contribution in [0, 0.1) is 5.92 Å². The molecule has 0 aromatic carbocycles. The molecule has 1 fully saturated rings. The summed E-state index contributed by atoms with van der Waals surface area (Å²) in [5.41, 5.74) is -0.626. The number of aliphatic hydroxyl groups is 1. The zero-order valence-corrected chi connectivity index (χ0v) is 12.1. The van der Waals surface area contributed by atoms with E-state index in [9.17, 15) is 9.90 Å². The van der Waals surface area contributed by atoms with E-state index in [-0.39, 0.29) is 18.0 Å². The van der Waals surface area contributed by atoms with Crippen LogP contribution in [0.5, 0.6) is 0 Å². The molecule has 4 nitrogen and oxygen atoms in total. The quantitative estimate of drug-likeness (QED) is 0.697. The molecule has 0 aliphatic heterocycles. The van der Waals surface area contributed by atoms with Crippen LogP contribution in [0.2, 0.25) is 0 Å². The Morgan fingerprint density at radius 1 is 1.33 bits per heavy atom. The number of carbonyl (C=O) groups excluding carboxylic acids is 1. The molecule has 0 saturated heterocycles. The van der Waals surface area contributed by atoms with Crippen LogP contribution in [0.4, 0.5) is 0 Å². The van der Waals surface area contributed by atoms with Crippen molar-refractivity contribution in [1.29, 1.82) is 0 Å². The lowest BCUT2D eigenvalue weighted by Crippen LogP contribution is -2.51. The molecule has 1 saturated carbocycles. The Hall–Kier alpha value is -0.610. The molecule has 4 heteroatoms. The fraction of sp³-hybridized carbons (Fsp3) is 0.929. The van der Waals surface area contributed by atoms with Gasteiger partial charge in [0, 0.05) is 12.6 Å². The minimum absolute atomic E-state index is 0.00206. The van der Waals surface area contributed by atoms with Gasteiger partial charge in [-0.2, -0.15) is 0 Å². The SMILES string of the molecule is CC1CCC(O)(CNC(C)C(=O)NC(C)C)CC1. The van der Waals surface area contributed by atoms with Gasteiger partial charge in [0.1, 0.15) is 0 Å². The predicted octanol–water partition coefficient (Wildman–Crippen LogP) is 1.43. The average Bonchev–Trinajstić information content (AvgIpc) is 2.29. The molecule has 0 aromatic rings. The number of rotatable bonds is 5. The van der Waals surface area contributed by atoms with Gasteiger partial charge in [0.05, 0.1) is 11.6 Å². The third-order valence-corrected chi connectivity index (χ3v) is 3.77. The summed E-state index contributed by atoms with van der Waals surface area (Å²) >= 11 is 0. The molecule has 106 valence electrons. The first-order chi connectivity index (χ1) is 8.32. The molecule has 0 bridgehead atoms. The second-order valence-electron chi connectivity index (χ2n) is 6.17. The summed E-state index contributed by atoms with van der Waals surface area (Å²) in [6.07, 6.45) is 3.81. The fourth-order valence-corrected chi connectivity index (χ4v) is 2.32. The molecule has 0 aromatic heterocycles. The van der Waals surface area contributed by atoms with Crippen molar-refractivity contribution in [3.63, 3.8) is 0 Å². The Morgan fingerprint density at radius 3 is 2.39 bits per heavy atom. The summed E-state index contributed by atoms with van der Waals surface area (Å²) in [5.74, 6) is 0.713. The summed E-state index contributed by atoms with van der Waals surface area (Å²) in [5, 5.41) is 16.4. The highest BCUT2D eigenvalue weighted by Crippen LogP contribution is 2.31.